The molecular formula is C7H9IN2O. The lowest BCUT2D eigenvalue weighted by Crippen LogP contribution is -2.04. The fourth-order valence-electron chi connectivity index (χ4n) is 0.786. The number of hydrogen-bond acceptors (Lipinski definition) is 3. The molecule has 0 bridgehead atoms. The predicted molar refractivity (Wildman–Crippen MR) is 51.4 cm³/mol. The Morgan fingerprint density at radius 1 is 1.64 bits per heavy atom. The minimum absolute atomic E-state index is 0.238. The van der Waals surface area contributed by atoms with Crippen LogP contribution in [-0.2, 0) is 6.42 Å². The van der Waals surface area contributed by atoms with E-state index in [-0.39, 0.29) is 5.75 Å². The van der Waals surface area contributed by atoms with Crippen molar-refractivity contribution in [2.75, 3.05) is 6.54 Å². The van der Waals surface area contributed by atoms with Crippen molar-refractivity contribution in [1.29, 1.82) is 0 Å². The topological polar surface area (TPSA) is 59.1 Å². The molecule has 3 nitrogen and oxygen atoms in total. The smallest absolute Gasteiger partial charge is 0.138 e. The number of nitrogens with zero attached hydrogens (tertiary/aromatic N) is 1. The molecule has 3 N–H and O–H groups in total. The first-order valence-corrected chi connectivity index (χ1v) is 4.35. The van der Waals surface area contributed by atoms with Crippen LogP contribution >= 0.6 is 22.6 Å². The lowest BCUT2D eigenvalue weighted by molar-refractivity contribution is 0.463. The Kier molecular flexibility index (Phi) is 3.07. The summed E-state index contributed by atoms with van der Waals surface area (Å²) in [4.78, 5) is 4.03. The minimum Gasteiger partial charge on any atom is -0.506 e. The van der Waals surface area contributed by atoms with Crippen LogP contribution in [0.4, 0.5) is 0 Å². The highest BCUT2D eigenvalue weighted by Crippen LogP contribution is 2.16. The summed E-state index contributed by atoms with van der Waals surface area (Å²) >= 11 is 2.10. The molecule has 1 rings (SSSR count). The Balaban J connectivity index is 2.90. The van der Waals surface area contributed by atoms with Crippen molar-refractivity contribution in [3.63, 3.8) is 0 Å². The van der Waals surface area contributed by atoms with Crippen LogP contribution in [0.2, 0.25) is 0 Å². The SMILES string of the molecule is NCCc1ncc(I)cc1O. The van der Waals surface area contributed by atoms with Gasteiger partial charge in [-0.25, -0.2) is 0 Å². The number of nitrogens with two attached hydrogens (primary N) is 1. The van der Waals surface area contributed by atoms with Gasteiger partial charge in [0.15, 0.2) is 0 Å². The first-order chi connectivity index (χ1) is 5.24. The zero-order valence-electron chi connectivity index (χ0n) is 5.92. The van der Waals surface area contributed by atoms with Crippen LogP contribution in [0.1, 0.15) is 5.69 Å². The van der Waals surface area contributed by atoms with Gasteiger partial charge in [-0.05, 0) is 35.2 Å². The molecule has 11 heavy (non-hydrogen) atoms. The van der Waals surface area contributed by atoms with Gasteiger partial charge in [0.05, 0.1) is 5.69 Å². The van der Waals surface area contributed by atoms with Gasteiger partial charge in [0.25, 0.3) is 0 Å². The maximum Gasteiger partial charge on any atom is 0.138 e. The number of aromatic nitrogens is 1. The summed E-state index contributed by atoms with van der Waals surface area (Å²) in [7, 11) is 0. The summed E-state index contributed by atoms with van der Waals surface area (Å²) in [5, 5.41) is 9.30. The summed E-state index contributed by atoms with van der Waals surface area (Å²) in [6, 6.07) is 1.68. The molecule has 0 saturated carbocycles. The molecule has 0 aliphatic carbocycles. The summed E-state index contributed by atoms with van der Waals surface area (Å²) in [5.41, 5.74) is 5.99. The molecular weight excluding hydrogens is 255 g/mol. The summed E-state index contributed by atoms with van der Waals surface area (Å²) in [6.45, 7) is 0.515. The van der Waals surface area contributed by atoms with E-state index in [4.69, 9.17) is 5.73 Å². The molecule has 1 aromatic rings. The normalized spacial score (nSPS) is 10.0. The first-order valence-electron chi connectivity index (χ1n) is 3.27. The standard InChI is InChI=1S/C7H9IN2O/c8-5-3-7(11)6(1-2-9)10-4-5/h3-4,11H,1-2,9H2. The lowest BCUT2D eigenvalue weighted by atomic mass is 10.2. The van der Waals surface area contributed by atoms with Gasteiger partial charge in [0, 0.05) is 16.2 Å². The van der Waals surface area contributed by atoms with Gasteiger partial charge in [-0.1, -0.05) is 0 Å². The number of halogens is 1. The van der Waals surface area contributed by atoms with Crippen molar-refractivity contribution in [1.82, 2.24) is 4.98 Å². The van der Waals surface area contributed by atoms with Gasteiger partial charge in [0.1, 0.15) is 5.75 Å². The van der Waals surface area contributed by atoms with Gasteiger partial charge >= 0.3 is 0 Å². The number of aromatic hydroxyl groups is 1. The molecule has 1 aromatic heterocycles. The molecule has 0 aliphatic heterocycles. The van der Waals surface area contributed by atoms with Gasteiger partial charge in [-0.2, -0.15) is 0 Å². The maximum atomic E-state index is 9.30. The molecule has 0 spiro atoms. The molecule has 0 aliphatic rings. The molecule has 0 atom stereocenters. The maximum absolute atomic E-state index is 9.30. The third-order valence-corrected chi connectivity index (χ3v) is 1.89. The van der Waals surface area contributed by atoms with E-state index in [9.17, 15) is 5.11 Å². The molecule has 0 amide bonds. The Morgan fingerprint density at radius 3 is 2.91 bits per heavy atom. The molecule has 0 fully saturated rings. The Bertz CT molecular complexity index is 252. The van der Waals surface area contributed by atoms with Crippen LogP contribution in [0.3, 0.4) is 0 Å². The molecule has 1 heterocycles. The number of pyridine rings is 1. The Hall–Kier alpha value is -0.360. The fraction of sp³-hybridized carbons (Fsp3) is 0.286. The van der Waals surface area contributed by atoms with Gasteiger partial charge in [-0.15, -0.1) is 0 Å². The highest BCUT2D eigenvalue weighted by molar-refractivity contribution is 14.1. The lowest BCUT2D eigenvalue weighted by Gasteiger charge is -2.00. The molecule has 0 saturated heterocycles. The first kappa shape index (κ1) is 8.73. The van der Waals surface area contributed by atoms with E-state index < -0.39 is 0 Å². The average Bonchev–Trinajstić information content (AvgIpc) is 1.95. The Morgan fingerprint density at radius 2 is 2.36 bits per heavy atom. The molecule has 0 aromatic carbocycles. The van der Waals surface area contributed by atoms with E-state index in [0.29, 0.717) is 18.7 Å². The summed E-state index contributed by atoms with van der Waals surface area (Å²) in [6.07, 6.45) is 2.34. The van der Waals surface area contributed by atoms with Gasteiger partial charge in [0.2, 0.25) is 0 Å². The van der Waals surface area contributed by atoms with Crippen molar-refractivity contribution >= 4 is 22.6 Å². The largest absolute Gasteiger partial charge is 0.506 e. The third-order valence-electron chi connectivity index (χ3n) is 1.30. The highest BCUT2D eigenvalue weighted by atomic mass is 127. The van der Waals surface area contributed by atoms with Crippen molar-refractivity contribution in [3.8, 4) is 5.75 Å². The quantitative estimate of drug-likeness (QED) is 0.780. The second-order valence-electron chi connectivity index (χ2n) is 2.16. The van der Waals surface area contributed by atoms with Crippen LogP contribution in [0.25, 0.3) is 0 Å². The molecule has 0 radical (unpaired) electrons. The van der Waals surface area contributed by atoms with Crippen molar-refractivity contribution in [2.45, 2.75) is 6.42 Å². The van der Waals surface area contributed by atoms with Crippen LogP contribution < -0.4 is 5.73 Å². The molecule has 60 valence electrons. The fourth-order valence-corrected chi connectivity index (χ4v) is 1.22. The predicted octanol–water partition coefficient (Wildman–Crippen LogP) is 0.893. The average molecular weight is 264 g/mol. The van der Waals surface area contributed by atoms with Crippen LogP contribution in [-0.4, -0.2) is 16.6 Å². The highest BCUT2D eigenvalue weighted by Gasteiger charge is 2.00. The Labute approximate surface area is 78.8 Å². The minimum atomic E-state index is 0.238. The molecule has 0 unspecified atom stereocenters. The number of hydrogen-bond donors (Lipinski definition) is 2. The van der Waals surface area contributed by atoms with Crippen molar-refractivity contribution in [3.05, 3.63) is 21.5 Å². The van der Waals surface area contributed by atoms with E-state index in [1.165, 1.54) is 0 Å². The monoisotopic (exact) mass is 264 g/mol. The van der Waals surface area contributed by atoms with Crippen molar-refractivity contribution < 1.29 is 5.11 Å². The number of rotatable bonds is 2. The van der Waals surface area contributed by atoms with Crippen LogP contribution in [0.5, 0.6) is 5.75 Å². The van der Waals surface area contributed by atoms with E-state index in [2.05, 4.69) is 27.6 Å². The molecule has 4 heteroatoms. The third kappa shape index (κ3) is 2.30. The summed E-state index contributed by atoms with van der Waals surface area (Å²) < 4.78 is 0.931. The van der Waals surface area contributed by atoms with E-state index in [1.807, 2.05) is 0 Å². The zero-order valence-corrected chi connectivity index (χ0v) is 8.08. The van der Waals surface area contributed by atoms with E-state index in [1.54, 1.807) is 12.3 Å². The van der Waals surface area contributed by atoms with Gasteiger partial charge < -0.3 is 10.8 Å². The van der Waals surface area contributed by atoms with E-state index in [0.717, 1.165) is 3.57 Å². The van der Waals surface area contributed by atoms with E-state index >= 15 is 0 Å². The van der Waals surface area contributed by atoms with Crippen molar-refractivity contribution in [2.24, 2.45) is 5.73 Å². The second-order valence-corrected chi connectivity index (χ2v) is 3.40. The summed E-state index contributed by atoms with van der Waals surface area (Å²) in [5.74, 6) is 0.238. The zero-order chi connectivity index (χ0) is 8.27. The van der Waals surface area contributed by atoms with Crippen LogP contribution in [0.15, 0.2) is 12.3 Å². The van der Waals surface area contributed by atoms with Crippen LogP contribution in [0, 0.1) is 3.57 Å². The van der Waals surface area contributed by atoms with Gasteiger partial charge in [-0.3, -0.25) is 4.98 Å². The second kappa shape index (κ2) is 3.87.